The first kappa shape index (κ1) is 15.5. The Morgan fingerprint density at radius 3 is 2.00 bits per heavy atom. The molecule has 1 atom stereocenters. The maximum absolute atomic E-state index is 5.77. The molecule has 0 saturated carbocycles. The van der Waals surface area contributed by atoms with Crippen LogP contribution in [-0.2, 0) is 4.43 Å². The van der Waals surface area contributed by atoms with E-state index < -0.39 is 9.07 Å². The number of hydrogen-bond acceptors (Lipinski definition) is 1. The molecule has 15 heavy (non-hydrogen) atoms. The van der Waals surface area contributed by atoms with E-state index in [1.54, 1.807) is 0 Å². The Kier molecular flexibility index (Phi) is 12.9. The minimum absolute atomic E-state index is 0.470. The fourth-order valence-electron chi connectivity index (χ4n) is 1.82. The zero-order valence-corrected chi connectivity index (χ0v) is 12.6. The standard InChI is InChI=1S/C12H27ClOSi/c1-3-5-7-9-11-12(14-15-13)10-8-6-4-2/h12H,3-11,15H2,1-2H3. The Labute approximate surface area is 103 Å². The van der Waals surface area contributed by atoms with Crippen LogP contribution < -0.4 is 0 Å². The lowest BCUT2D eigenvalue weighted by Gasteiger charge is -2.16. The summed E-state index contributed by atoms with van der Waals surface area (Å²) in [6.07, 6.45) is 12.2. The molecule has 0 radical (unpaired) electrons. The Bertz CT molecular complexity index is 122. The molecule has 92 valence electrons. The van der Waals surface area contributed by atoms with Crippen LogP contribution in [-0.4, -0.2) is 15.2 Å². The summed E-state index contributed by atoms with van der Waals surface area (Å²) in [5.74, 6) is 0. The summed E-state index contributed by atoms with van der Waals surface area (Å²) in [6, 6.07) is 0. The molecule has 0 spiro atoms. The van der Waals surface area contributed by atoms with Gasteiger partial charge in [-0.3, -0.25) is 0 Å². The summed E-state index contributed by atoms with van der Waals surface area (Å²) in [6.45, 7) is 4.49. The largest absolute Gasteiger partial charge is 0.405 e. The van der Waals surface area contributed by atoms with E-state index in [0.29, 0.717) is 6.10 Å². The summed E-state index contributed by atoms with van der Waals surface area (Å²) >= 11 is 5.77. The highest BCUT2D eigenvalue weighted by atomic mass is 35.6. The van der Waals surface area contributed by atoms with Gasteiger partial charge in [-0.1, -0.05) is 58.8 Å². The average Bonchev–Trinajstić information content (AvgIpc) is 2.24. The minimum atomic E-state index is -0.735. The first-order valence-electron chi connectivity index (χ1n) is 6.52. The zero-order chi connectivity index (χ0) is 11.4. The maximum Gasteiger partial charge on any atom is 0.258 e. The van der Waals surface area contributed by atoms with Crippen LogP contribution in [0.5, 0.6) is 0 Å². The number of unbranched alkanes of at least 4 members (excludes halogenated alkanes) is 5. The summed E-state index contributed by atoms with van der Waals surface area (Å²) < 4.78 is 5.67. The van der Waals surface area contributed by atoms with Gasteiger partial charge in [0, 0.05) is 6.10 Å². The maximum atomic E-state index is 5.77. The summed E-state index contributed by atoms with van der Waals surface area (Å²) in [4.78, 5) is 0. The van der Waals surface area contributed by atoms with Crippen LogP contribution in [0.4, 0.5) is 0 Å². The van der Waals surface area contributed by atoms with Gasteiger partial charge in [-0.25, -0.2) is 0 Å². The van der Waals surface area contributed by atoms with Gasteiger partial charge in [-0.2, -0.15) is 0 Å². The van der Waals surface area contributed by atoms with Crippen molar-refractivity contribution >= 4 is 20.2 Å². The summed E-state index contributed by atoms with van der Waals surface area (Å²) in [7, 11) is -0.735. The second-order valence-corrected chi connectivity index (χ2v) is 5.45. The highest BCUT2D eigenvalue weighted by molar-refractivity contribution is 6.89. The summed E-state index contributed by atoms with van der Waals surface area (Å²) in [5, 5.41) is 0. The molecule has 0 N–H and O–H groups in total. The molecule has 0 bridgehead atoms. The van der Waals surface area contributed by atoms with Gasteiger partial charge in [-0.15, -0.1) is 11.1 Å². The van der Waals surface area contributed by atoms with Crippen molar-refractivity contribution in [3.05, 3.63) is 0 Å². The Morgan fingerprint density at radius 2 is 1.47 bits per heavy atom. The average molecular weight is 251 g/mol. The lowest BCUT2D eigenvalue weighted by atomic mass is 10.0. The van der Waals surface area contributed by atoms with Gasteiger partial charge in [0.1, 0.15) is 0 Å². The van der Waals surface area contributed by atoms with Gasteiger partial charge < -0.3 is 4.43 Å². The SMILES string of the molecule is CCCCCCC(CCCCC)O[SiH2]Cl. The van der Waals surface area contributed by atoms with E-state index in [9.17, 15) is 0 Å². The molecule has 0 aliphatic rings. The van der Waals surface area contributed by atoms with Crippen molar-refractivity contribution in [3.8, 4) is 0 Å². The van der Waals surface area contributed by atoms with E-state index in [-0.39, 0.29) is 0 Å². The smallest absolute Gasteiger partial charge is 0.258 e. The molecular formula is C12H27ClOSi. The van der Waals surface area contributed by atoms with E-state index in [1.165, 1.54) is 57.8 Å². The molecule has 0 amide bonds. The van der Waals surface area contributed by atoms with E-state index in [4.69, 9.17) is 15.5 Å². The molecule has 0 aliphatic heterocycles. The Hall–Kier alpha value is 0.467. The second-order valence-electron chi connectivity index (χ2n) is 4.24. The molecule has 1 unspecified atom stereocenters. The van der Waals surface area contributed by atoms with Crippen LogP contribution in [0.1, 0.15) is 71.6 Å². The summed E-state index contributed by atoms with van der Waals surface area (Å²) in [5.41, 5.74) is 0. The van der Waals surface area contributed by atoms with E-state index >= 15 is 0 Å². The Morgan fingerprint density at radius 1 is 0.933 bits per heavy atom. The van der Waals surface area contributed by atoms with Crippen LogP contribution >= 0.6 is 11.1 Å². The highest BCUT2D eigenvalue weighted by Crippen LogP contribution is 2.14. The fraction of sp³-hybridized carbons (Fsp3) is 1.00. The fourth-order valence-corrected chi connectivity index (χ4v) is 2.87. The molecule has 0 aliphatic carbocycles. The third-order valence-corrected chi connectivity index (χ3v) is 3.78. The van der Waals surface area contributed by atoms with Gasteiger partial charge in [0.15, 0.2) is 0 Å². The quantitative estimate of drug-likeness (QED) is 0.304. The van der Waals surface area contributed by atoms with Crippen molar-refractivity contribution in [2.24, 2.45) is 0 Å². The van der Waals surface area contributed by atoms with Crippen molar-refractivity contribution in [3.63, 3.8) is 0 Å². The lowest BCUT2D eigenvalue weighted by molar-refractivity contribution is 0.187. The van der Waals surface area contributed by atoms with Crippen LogP contribution in [0.15, 0.2) is 0 Å². The molecule has 0 fully saturated rings. The van der Waals surface area contributed by atoms with Crippen LogP contribution in [0.3, 0.4) is 0 Å². The van der Waals surface area contributed by atoms with Crippen molar-refractivity contribution in [1.29, 1.82) is 0 Å². The van der Waals surface area contributed by atoms with Crippen molar-refractivity contribution in [1.82, 2.24) is 0 Å². The lowest BCUT2D eigenvalue weighted by Crippen LogP contribution is -2.13. The molecule has 0 saturated heterocycles. The van der Waals surface area contributed by atoms with Crippen LogP contribution in [0, 0.1) is 0 Å². The number of hydrogen-bond donors (Lipinski definition) is 0. The number of halogens is 1. The van der Waals surface area contributed by atoms with Gasteiger partial charge in [0.05, 0.1) is 0 Å². The minimum Gasteiger partial charge on any atom is -0.405 e. The first-order chi connectivity index (χ1) is 7.35. The van der Waals surface area contributed by atoms with E-state index in [2.05, 4.69) is 13.8 Å². The molecule has 3 heteroatoms. The zero-order valence-electron chi connectivity index (χ0n) is 10.4. The Balaban J connectivity index is 3.44. The monoisotopic (exact) mass is 250 g/mol. The van der Waals surface area contributed by atoms with Crippen molar-refractivity contribution in [2.45, 2.75) is 77.7 Å². The third kappa shape index (κ3) is 10.7. The van der Waals surface area contributed by atoms with Gasteiger partial charge >= 0.3 is 0 Å². The van der Waals surface area contributed by atoms with Crippen LogP contribution in [0.25, 0.3) is 0 Å². The van der Waals surface area contributed by atoms with Crippen LogP contribution in [0.2, 0.25) is 0 Å². The van der Waals surface area contributed by atoms with E-state index in [1.807, 2.05) is 0 Å². The van der Waals surface area contributed by atoms with Gasteiger partial charge in [0.25, 0.3) is 9.07 Å². The van der Waals surface area contributed by atoms with Crippen molar-refractivity contribution in [2.75, 3.05) is 0 Å². The second kappa shape index (κ2) is 12.5. The third-order valence-electron chi connectivity index (χ3n) is 2.81. The normalized spacial score (nSPS) is 13.8. The molecular weight excluding hydrogens is 224 g/mol. The molecule has 1 nitrogen and oxygen atoms in total. The first-order valence-corrected chi connectivity index (χ1v) is 9.24. The predicted octanol–water partition coefficient (Wildman–Crippen LogP) is 4.16. The molecule has 0 aromatic carbocycles. The molecule has 0 heterocycles. The van der Waals surface area contributed by atoms with E-state index in [0.717, 1.165) is 0 Å². The topological polar surface area (TPSA) is 9.23 Å². The van der Waals surface area contributed by atoms with Gasteiger partial charge in [0.2, 0.25) is 0 Å². The molecule has 0 rings (SSSR count). The number of rotatable bonds is 11. The highest BCUT2D eigenvalue weighted by Gasteiger charge is 2.07. The molecule has 0 aromatic rings. The van der Waals surface area contributed by atoms with Crippen molar-refractivity contribution < 1.29 is 4.43 Å². The molecule has 0 aromatic heterocycles. The van der Waals surface area contributed by atoms with Gasteiger partial charge in [-0.05, 0) is 12.8 Å². The predicted molar refractivity (Wildman–Crippen MR) is 72.2 cm³/mol.